The number of unbranched alkanes of at least 4 members (excludes halogenated alkanes) is 1. The molecule has 1 aromatic rings. The number of carbonyl (C=O) groups excluding carboxylic acids is 1. The third kappa shape index (κ3) is 5.36. The predicted octanol–water partition coefficient (Wildman–Crippen LogP) is 1.59. The summed E-state index contributed by atoms with van der Waals surface area (Å²) in [5, 5.41) is 2.98. The lowest BCUT2D eigenvalue weighted by Gasteiger charge is -2.33. The summed E-state index contributed by atoms with van der Waals surface area (Å²) in [5.74, 6) is 0.555. The number of anilines is 2. The van der Waals surface area contributed by atoms with Crippen molar-refractivity contribution in [3.8, 4) is 0 Å². The smallest absolute Gasteiger partial charge is 0.229 e. The monoisotopic (exact) mass is 354 g/mol. The number of nitrogens with zero attached hydrogens (tertiary/aromatic N) is 2. The van der Waals surface area contributed by atoms with Gasteiger partial charge in [-0.2, -0.15) is 0 Å². The highest BCUT2D eigenvalue weighted by Gasteiger charge is 2.27. The number of sulfonamides is 1. The lowest BCUT2D eigenvalue weighted by atomic mass is 9.97. The maximum atomic E-state index is 12.3. The van der Waals surface area contributed by atoms with Crippen LogP contribution in [-0.2, 0) is 14.8 Å². The van der Waals surface area contributed by atoms with Crippen molar-refractivity contribution in [1.82, 2.24) is 10.3 Å². The Hall–Kier alpha value is -1.83. The number of aromatic nitrogens is 1. The standard InChI is InChI=1S/C16H26N4O3S/c1-3-4-9-18-16(21)13-7-6-11-20(12-13)15-14(8-5-10-17-15)19-24(2,22)23/h5,8,10,13,19H,3-4,6-7,9,11-12H2,1-2H3,(H,18,21). The van der Waals surface area contributed by atoms with Crippen LogP contribution in [0, 0.1) is 5.92 Å². The molecule has 134 valence electrons. The second kappa shape index (κ2) is 8.32. The summed E-state index contributed by atoms with van der Waals surface area (Å²) in [6.07, 6.45) is 6.49. The molecule has 0 spiro atoms. The van der Waals surface area contributed by atoms with Crippen molar-refractivity contribution in [2.24, 2.45) is 5.92 Å². The molecule has 1 amide bonds. The number of pyridine rings is 1. The topological polar surface area (TPSA) is 91.4 Å². The zero-order valence-corrected chi connectivity index (χ0v) is 15.1. The van der Waals surface area contributed by atoms with Crippen molar-refractivity contribution in [1.29, 1.82) is 0 Å². The summed E-state index contributed by atoms with van der Waals surface area (Å²) in [5.41, 5.74) is 0.451. The van der Waals surface area contributed by atoms with Crippen LogP contribution < -0.4 is 14.9 Å². The molecule has 0 saturated carbocycles. The van der Waals surface area contributed by atoms with Gasteiger partial charge in [0.25, 0.3) is 0 Å². The highest BCUT2D eigenvalue weighted by molar-refractivity contribution is 7.92. The molecule has 0 aliphatic carbocycles. The fourth-order valence-electron chi connectivity index (χ4n) is 2.84. The van der Waals surface area contributed by atoms with Gasteiger partial charge in [0.15, 0.2) is 5.82 Å². The van der Waals surface area contributed by atoms with E-state index < -0.39 is 10.0 Å². The average Bonchev–Trinajstić information content (AvgIpc) is 2.54. The van der Waals surface area contributed by atoms with Crippen molar-refractivity contribution < 1.29 is 13.2 Å². The molecule has 0 bridgehead atoms. The second-order valence-corrected chi connectivity index (χ2v) is 7.93. The van der Waals surface area contributed by atoms with Crippen molar-refractivity contribution >= 4 is 27.4 Å². The van der Waals surface area contributed by atoms with Crippen LogP contribution in [0.25, 0.3) is 0 Å². The Bertz CT molecular complexity index is 663. The van der Waals surface area contributed by atoms with Crippen LogP contribution >= 0.6 is 0 Å². The lowest BCUT2D eigenvalue weighted by Crippen LogP contribution is -2.43. The Morgan fingerprint density at radius 1 is 1.46 bits per heavy atom. The van der Waals surface area contributed by atoms with Gasteiger partial charge in [-0.3, -0.25) is 9.52 Å². The van der Waals surface area contributed by atoms with E-state index in [1.807, 2.05) is 4.90 Å². The normalized spacial score (nSPS) is 18.2. The van der Waals surface area contributed by atoms with Gasteiger partial charge >= 0.3 is 0 Å². The molecule has 1 saturated heterocycles. The molecule has 1 aromatic heterocycles. The summed E-state index contributed by atoms with van der Waals surface area (Å²) in [7, 11) is -3.38. The maximum absolute atomic E-state index is 12.3. The zero-order chi connectivity index (χ0) is 17.6. The second-order valence-electron chi connectivity index (χ2n) is 6.18. The van der Waals surface area contributed by atoms with E-state index in [2.05, 4.69) is 21.9 Å². The molecule has 2 heterocycles. The fourth-order valence-corrected chi connectivity index (χ4v) is 3.40. The highest BCUT2D eigenvalue weighted by Crippen LogP contribution is 2.28. The van der Waals surface area contributed by atoms with Crippen LogP contribution in [0.2, 0.25) is 0 Å². The lowest BCUT2D eigenvalue weighted by molar-refractivity contribution is -0.125. The number of amides is 1. The molecular weight excluding hydrogens is 328 g/mol. The highest BCUT2D eigenvalue weighted by atomic mass is 32.2. The van der Waals surface area contributed by atoms with Crippen molar-refractivity contribution in [3.05, 3.63) is 18.3 Å². The van der Waals surface area contributed by atoms with Gasteiger partial charge in [0, 0.05) is 25.8 Å². The van der Waals surface area contributed by atoms with Crippen molar-refractivity contribution in [3.63, 3.8) is 0 Å². The zero-order valence-electron chi connectivity index (χ0n) is 14.3. The molecule has 2 N–H and O–H groups in total. The number of carbonyl (C=O) groups is 1. The van der Waals surface area contributed by atoms with Gasteiger partial charge < -0.3 is 10.2 Å². The molecule has 7 nitrogen and oxygen atoms in total. The van der Waals surface area contributed by atoms with Crippen LogP contribution in [0.3, 0.4) is 0 Å². The summed E-state index contributed by atoms with van der Waals surface area (Å²) in [4.78, 5) is 18.6. The molecule has 1 aliphatic rings. The number of hydrogen-bond donors (Lipinski definition) is 2. The van der Waals surface area contributed by atoms with Gasteiger partial charge in [-0.05, 0) is 31.4 Å². The Morgan fingerprint density at radius 3 is 2.96 bits per heavy atom. The first-order chi connectivity index (χ1) is 11.4. The van der Waals surface area contributed by atoms with Crippen molar-refractivity contribution in [2.75, 3.05) is 35.5 Å². The molecule has 0 aromatic carbocycles. The summed E-state index contributed by atoms with van der Waals surface area (Å²) in [6, 6.07) is 3.38. The minimum Gasteiger partial charge on any atom is -0.356 e. The van der Waals surface area contributed by atoms with E-state index >= 15 is 0 Å². The predicted molar refractivity (Wildman–Crippen MR) is 95.6 cm³/mol. The Labute approximate surface area is 143 Å². The van der Waals surface area contributed by atoms with Gasteiger partial charge in [0.2, 0.25) is 15.9 Å². The third-order valence-electron chi connectivity index (χ3n) is 4.00. The largest absolute Gasteiger partial charge is 0.356 e. The van der Waals surface area contributed by atoms with Gasteiger partial charge in [-0.25, -0.2) is 13.4 Å². The van der Waals surface area contributed by atoms with Gasteiger partial charge in [0.05, 0.1) is 17.9 Å². The summed E-state index contributed by atoms with van der Waals surface area (Å²) >= 11 is 0. The molecule has 8 heteroatoms. The van der Waals surface area contributed by atoms with E-state index in [1.165, 1.54) is 0 Å². The van der Waals surface area contributed by atoms with Gasteiger partial charge in [-0.1, -0.05) is 13.3 Å². The summed E-state index contributed by atoms with van der Waals surface area (Å²) < 4.78 is 25.6. The third-order valence-corrected chi connectivity index (χ3v) is 4.59. The molecule has 0 radical (unpaired) electrons. The van der Waals surface area contributed by atoms with Crippen LogP contribution in [0.15, 0.2) is 18.3 Å². The number of nitrogens with one attached hydrogen (secondary N) is 2. The molecular formula is C16H26N4O3S. The minimum atomic E-state index is -3.38. The molecule has 1 unspecified atom stereocenters. The average molecular weight is 354 g/mol. The van der Waals surface area contributed by atoms with E-state index in [0.29, 0.717) is 24.6 Å². The number of piperidine rings is 1. The Kier molecular flexibility index (Phi) is 6.42. The Morgan fingerprint density at radius 2 is 2.25 bits per heavy atom. The quantitative estimate of drug-likeness (QED) is 0.726. The van der Waals surface area contributed by atoms with E-state index in [9.17, 15) is 13.2 Å². The number of hydrogen-bond acceptors (Lipinski definition) is 5. The maximum Gasteiger partial charge on any atom is 0.229 e. The van der Waals surface area contributed by atoms with Crippen LogP contribution in [0.1, 0.15) is 32.6 Å². The van der Waals surface area contributed by atoms with Crippen LogP contribution in [-0.4, -0.2) is 45.2 Å². The van der Waals surface area contributed by atoms with Crippen molar-refractivity contribution in [2.45, 2.75) is 32.6 Å². The van der Waals surface area contributed by atoms with E-state index in [0.717, 1.165) is 38.5 Å². The molecule has 1 aliphatic heterocycles. The SMILES string of the molecule is CCCCNC(=O)C1CCCN(c2ncccc2NS(C)(=O)=O)C1. The fraction of sp³-hybridized carbons (Fsp3) is 0.625. The van der Waals surface area contributed by atoms with Crippen LogP contribution in [0.5, 0.6) is 0 Å². The number of rotatable bonds is 7. The van der Waals surface area contributed by atoms with E-state index in [-0.39, 0.29) is 11.8 Å². The molecule has 1 atom stereocenters. The first kappa shape index (κ1) is 18.5. The van der Waals surface area contributed by atoms with E-state index in [4.69, 9.17) is 0 Å². The van der Waals surface area contributed by atoms with Gasteiger partial charge in [0.1, 0.15) is 0 Å². The minimum absolute atomic E-state index is 0.0710. The van der Waals surface area contributed by atoms with Crippen LogP contribution in [0.4, 0.5) is 11.5 Å². The molecule has 1 fully saturated rings. The molecule has 24 heavy (non-hydrogen) atoms. The van der Waals surface area contributed by atoms with E-state index in [1.54, 1.807) is 18.3 Å². The Balaban J connectivity index is 2.08. The first-order valence-electron chi connectivity index (χ1n) is 8.36. The summed E-state index contributed by atoms with van der Waals surface area (Å²) in [6.45, 7) is 4.10. The van der Waals surface area contributed by atoms with Gasteiger partial charge in [-0.15, -0.1) is 0 Å². The first-order valence-corrected chi connectivity index (χ1v) is 10.3. The molecule has 2 rings (SSSR count).